The Morgan fingerprint density at radius 2 is 2.12 bits per heavy atom. The lowest BCUT2D eigenvalue weighted by Crippen LogP contribution is -2.27. The van der Waals surface area contributed by atoms with E-state index in [1.54, 1.807) is 6.20 Å². The van der Waals surface area contributed by atoms with Gasteiger partial charge in [-0.1, -0.05) is 19.9 Å². The molecule has 1 aromatic heterocycles. The Hall–Kier alpha value is -1.61. The van der Waals surface area contributed by atoms with Crippen molar-refractivity contribution in [2.45, 2.75) is 19.9 Å². The Balaban J connectivity index is 2.03. The minimum absolute atomic E-state index is 0.493. The Kier molecular flexibility index (Phi) is 3.94. The number of ether oxygens (including phenoxy) is 1. The highest BCUT2D eigenvalue weighted by molar-refractivity contribution is 5.84. The summed E-state index contributed by atoms with van der Waals surface area (Å²) in [4.78, 5) is 4.30. The zero-order valence-electron chi connectivity index (χ0n) is 10.3. The SMILES string of the molecule is CC(C)NCCOc1cccc2ncccc12. The summed E-state index contributed by atoms with van der Waals surface area (Å²) in [5.74, 6) is 0.904. The monoisotopic (exact) mass is 230 g/mol. The van der Waals surface area contributed by atoms with Crippen molar-refractivity contribution in [3.8, 4) is 5.75 Å². The summed E-state index contributed by atoms with van der Waals surface area (Å²) in [5, 5.41) is 4.39. The standard InChI is InChI=1S/C14H18N2O/c1-11(2)15-9-10-17-14-7-3-6-13-12(14)5-4-8-16-13/h3-8,11,15H,9-10H2,1-2H3. The van der Waals surface area contributed by atoms with Crippen LogP contribution < -0.4 is 10.1 Å². The second-order valence-electron chi connectivity index (χ2n) is 4.28. The first-order valence-electron chi connectivity index (χ1n) is 5.97. The van der Waals surface area contributed by atoms with Crippen molar-refractivity contribution in [1.82, 2.24) is 10.3 Å². The van der Waals surface area contributed by atoms with Gasteiger partial charge in [-0.05, 0) is 24.3 Å². The molecule has 0 saturated heterocycles. The molecule has 0 fully saturated rings. The number of hydrogen-bond donors (Lipinski definition) is 1. The van der Waals surface area contributed by atoms with Gasteiger partial charge in [-0.25, -0.2) is 0 Å². The van der Waals surface area contributed by atoms with E-state index < -0.39 is 0 Å². The maximum Gasteiger partial charge on any atom is 0.128 e. The molecule has 0 saturated carbocycles. The fourth-order valence-corrected chi connectivity index (χ4v) is 1.71. The molecule has 3 heteroatoms. The van der Waals surface area contributed by atoms with E-state index in [-0.39, 0.29) is 0 Å². The largest absolute Gasteiger partial charge is 0.492 e. The van der Waals surface area contributed by atoms with E-state index in [1.807, 2.05) is 30.3 Å². The molecule has 0 aliphatic rings. The first-order chi connectivity index (χ1) is 8.27. The molecule has 0 aliphatic heterocycles. The Morgan fingerprint density at radius 1 is 1.24 bits per heavy atom. The van der Waals surface area contributed by atoms with Gasteiger partial charge in [-0.3, -0.25) is 4.98 Å². The fraction of sp³-hybridized carbons (Fsp3) is 0.357. The van der Waals surface area contributed by atoms with E-state index in [1.165, 1.54) is 0 Å². The molecule has 0 bridgehead atoms. The van der Waals surface area contributed by atoms with Gasteiger partial charge < -0.3 is 10.1 Å². The summed E-state index contributed by atoms with van der Waals surface area (Å²) in [6.45, 7) is 5.78. The Morgan fingerprint density at radius 3 is 2.94 bits per heavy atom. The molecule has 0 spiro atoms. The highest BCUT2D eigenvalue weighted by atomic mass is 16.5. The number of benzene rings is 1. The number of rotatable bonds is 5. The molecule has 0 aliphatic carbocycles. The molecule has 1 aromatic carbocycles. The van der Waals surface area contributed by atoms with Crippen LogP contribution in [-0.4, -0.2) is 24.2 Å². The van der Waals surface area contributed by atoms with Crippen molar-refractivity contribution in [2.24, 2.45) is 0 Å². The number of hydrogen-bond acceptors (Lipinski definition) is 3. The van der Waals surface area contributed by atoms with Gasteiger partial charge in [0.05, 0.1) is 5.52 Å². The second kappa shape index (κ2) is 5.64. The molecule has 0 unspecified atom stereocenters. The topological polar surface area (TPSA) is 34.1 Å². The summed E-state index contributed by atoms with van der Waals surface area (Å²) in [7, 11) is 0. The summed E-state index contributed by atoms with van der Waals surface area (Å²) >= 11 is 0. The molecule has 3 nitrogen and oxygen atoms in total. The van der Waals surface area contributed by atoms with Crippen LogP contribution in [-0.2, 0) is 0 Å². The van der Waals surface area contributed by atoms with Crippen LogP contribution in [0.5, 0.6) is 5.75 Å². The van der Waals surface area contributed by atoms with E-state index in [0.29, 0.717) is 12.6 Å². The lowest BCUT2D eigenvalue weighted by molar-refractivity contribution is 0.312. The van der Waals surface area contributed by atoms with Gasteiger partial charge in [0.15, 0.2) is 0 Å². The van der Waals surface area contributed by atoms with E-state index in [2.05, 4.69) is 24.1 Å². The van der Waals surface area contributed by atoms with Crippen molar-refractivity contribution in [2.75, 3.05) is 13.2 Å². The normalized spacial score (nSPS) is 11.0. The number of nitrogens with one attached hydrogen (secondary N) is 1. The predicted octanol–water partition coefficient (Wildman–Crippen LogP) is 2.61. The van der Waals surface area contributed by atoms with E-state index in [9.17, 15) is 0 Å². The van der Waals surface area contributed by atoms with Crippen LogP contribution in [0.15, 0.2) is 36.5 Å². The first kappa shape index (κ1) is 11.9. The van der Waals surface area contributed by atoms with Crippen LogP contribution in [0.2, 0.25) is 0 Å². The smallest absolute Gasteiger partial charge is 0.128 e. The molecule has 17 heavy (non-hydrogen) atoms. The molecule has 0 amide bonds. The molecule has 2 aromatic rings. The van der Waals surface area contributed by atoms with Gasteiger partial charge in [-0.15, -0.1) is 0 Å². The lowest BCUT2D eigenvalue weighted by Gasteiger charge is -2.11. The van der Waals surface area contributed by atoms with E-state index in [0.717, 1.165) is 23.2 Å². The maximum atomic E-state index is 5.77. The van der Waals surface area contributed by atoms with Crippen molar-refractivity contribution in [3.05, 3.63) is 36.5 Å². The molecule has 0 radical (unpaired) electrons. The van der Waals surface area contributed by atoms with Crippen molar-refractivity contribution < 1.29 is 4.74 Å². The van der Waals surface area contributed by atoms with Crippen molar-refractivity contribution in [1.29, 1.82) is 0 Å². The van der Waals surface area contributed by atoms with Crippen molar-refractivity contribution in [3.63, 3.8) is 0 Å². The molecule has 0 atom stereocenters. The number of fused-ring (bicyclic) bond motifs is 1. The van der Waals surface area contributed by atoms with Gasteiger partial charge in [-0.2, -0.15) is 0 Å². The zero-order chi connectivity index (χ0) is 12.1. The first-order valence-corrected chi connectivity index (χ1v) is 5.97. The molecular formula is C14H18N2O. The number of aromatic nitrogens is 1. The van der Waals surface area contributed by atoms with Crippen LogP contribution in [0, 0.1) is 0 Å². The van der Waals surface area contributed by atoms with Crippen molar-refractivity contribution >= 4 is 10.9 Å². The summed E-state index contributed by atoms with van der Waals surface area (Å²) in [5.41, 5.74) is 0.974. The van der Waals surface area contributed by atoms with Gasteiger partial charge in [0.1, 0.15) is 12.4 Å². The summed E-state index contributed by atoms with van der Waals surface area (Å²) in [6.07, 6.45) is 1.80. The minimum atomic E-state index is 0.493. The predicted molar refractivity (Wildman–Crippen MR) is 70.4 cm³/mol. The van der Waals surface area contributed by atoms with Crippen LogP contribution in [0.3, 0.4) is 0 Å². The van der Waals surface area contributed by atoms with Crippen LogP contribution in [0.25, 0.3) is 10.9 Å². The van der Waals surface area contributed by atoms with Gasteiger partial charge in [0, 0.05) is 24.2 Å². The van der Waals surface area contributed by atoms with Gasteiger partial charge in [0.2, 0.25) is 0 Å². The number of pyridine rings is 1. The number of nitrogens with zero attached hydrogens (tertiary/aromatic N) is 1. The van der Waals surface area contributed by atoms with Gasteiger partial charge >= 0.3 is 0 Å². The van der Waals surface area contributed by atoms with E-state index >= 15 is 0 Å². The van der Waals surface area contributed by atoms with Crippen LogP contribution in [0.1, 0.15) is 13.8 Å². The zero-order valence-corrected chi connectivity index (χ0v) is 10.3. The summed E-state index contributed by atoms with van der Waals surface area (Å²) in [6, 6.07) is 10.4. The molecule has 90 valence electrons. The molecular weight excluding hydrogens is 212 g/mol. The maximum absolute atomic E-state index is 5.77. The quantitative estimate of drug-likeness (QED) is 0.802. The molecule has 1 N–H and O–H groups in total. The van der Waals surface area contributed by atoms with Gasteiger partial charge in [0.25, 0.3) is 0 Å². The average Bonchev–Trinajstić information content (AvgIpc) is 2.34. The highest BCUT2D eigenvalue weighted by Crippen LogP contribution is 2.23. The lowest BCUT2D eigenvalue weighted by atomic mass is 10.2. The minimum Gasteiger partial charge on any atom is -0.492 e. The van der Waals surface area contributed by atoms with Crippen LogP contribution >= 0.6 is 0 Å². The second-order valence-corrected chi connectivity index (χ2v) is 4.28. The summed E-state index contributed by atoms with van der Waals surface area (Å²) < 4.78 is 5.77. The Bertz CT molecular complexity index is 477. The Labute approximate surface area is 102 Å². The van der Waals surface area contributed by atoms with Crippen LogP contribution in [0.4, 0.5) is 0 Å². The fourth-order valence-electron chi connectivity index (χ4n) is 1.71. The molecule has 2 rings (SSSR count). The third-order valence-electron chi connectivity index (χ3n) is 2.52. The third kappa shape index (κ3) is 3.17. The average molecular weight is 230 g/mol. The van der Waals surface area contributed by atoms with E-state index in [4.69, 9.17) is 4.74 Å². The molecule has 1 heterocycles. The third-order valence-corrected chi connectivity index (χ3v) is 2.52. The highest BCUT2D eigenvalue weighted by Gasteiger charge is 2.01.